The smallest absolute Gasteiger partial charge is 0.314 e. The molecule has 116 valence electrons. The summed E-state index contributed by atoms with van der Waals surface area (Å²) in [5, 5.41) is 0. The van der Waals surface area contributed by atoms with Crippen LogP contribution in [0.15, 0.2) is 12.1 Å². The predicted octanol–water partition coefficient (Wildman–Crippen LogP) is 4.10. The van der Waals surface area contributed by atoms with E-state index in [1.54, 1.807) is 0 Å². The first-order valence-electron chi connectivity index (χ1n) is 7.30. The van der Waals surface area contributed by atoms with Crippen molar-refractivity contribution in [2.75, 3.05) is 7.11 Å². The van der Waals surface area contributed by atoms with Crippen molar-refractivity contribution in [3.05, 3.63) is 23.8 Å². The Bertz CT molecular complexity index is 508. The fourth-order valence-corrected chi connectivity index (χ4v) is 2.75. The van der Waals surface area contributed by atoms with Crippen molar-refractivity contribution in [3.63, 3.8) is 0 Å². The van der Waals surface area contributed by atoms with Gasteiger partial charge in [-0.25, -0.2) is 0 Å². The maximum Gasteiger partial charge on any atom is 0.314 e. The number of hydrogen-bond donors (Lipinski definition) is 0. The monoisotopic (exact) mass is 298 g/mol. The third-order valence-corrected chi connectivity index (χ3v) is 4.20. The quantitative estimate of drug-likeness (QED) is 0.620. The zero-order chi connectivity index (χ0) is 15.4. The summed E-state index contributed by atoms with van der Waals surface area (Å²) in [6.07, 6.45) is 4.57. The standard InChI is InChI=1S/C16H20F2O3/c1-3-10-4-6-11(7-5-10)16(19)21-13-9-8-12(20-2)14(17)15(13)18/h8-11H,3-7H2,1-2H3. The Morgan fingerprint density at radius 2 is 1.71 bits per heavy atom. The molecule has 0 amide bonds. The van der Waals surface area contributed by atoms with Crippen LogP contribution in [0.1, 0.15) is 39.0 Å². The summed E-state index contributed by atoms with van der Waals surface area (Å²) in [7, 11) is 1.25. The molecule has 0 radical (unpaired) electrons. The molecule has 0 atom stereocenters. The minimum Gasteiger partial charge on any atom is -0.494 e. The summed E-state index contributed by atoms with van der Waals surface area (Å²) in [5.74, 6) is -2.97. The first-order chi connectivity index (χ1) is 10.1. The first kappa shape index (κ1) is 15.7. The summed E-state index contributed by atoms with van der Waals surface area (Å²) in [6.45, 7) is 2.14. The van der Waals surface area contributed by atoms with Crippen molar-refractivity contribution in [2.24, 2.45) is 11.8 Å². The average molecular weight is 298 g/mol. The second-order valence-corrected chi connectivity index (χ2v) is 5.44. The van der Waals surface area contributed by atoms with Crippen LogP contribution in [0.3, 0.4) is 0 Å². The summed E-state index contributed by atoms with van der Waals surface area (Å²) in [5.41, 5.74) is 0. The van der Waals surface area contributed by atoms with Crippen molar-refractivity contribution in [2.45, 2.75) is 39.0 Å². The van der Waals surface area contributed by atoms with Gasteiger partial charge in [0, 0.05) is 0 Å². The van der Waals surface area contributed by atoms with Gasteiger partial charge in [0.2, 0.25) is 11.6 Å². The number of carbonyl (C=O) groups excluding carboxylic acids is 1. The molecule has 0 saturated heterocycles. The SMILES string of the molecule is CCC1CCC(C(=O)Oc2ccc(OC)c(F)c2F)CC1. The third kappa shape index (κ3) is 3.52. The largest absolute Gasteiger partial charge is 0.494 e. The lowest BCUT2D eigenvalue weighted by molar-refractivity contribution is -0.140. The summed E-state index contributed by atoms with van der Waals surface area (Å²) < 4.78 is 37.0. The van der Waals surface area contributed by atoms with Gasteiger partial charge in [-0.15, -0.1) is 0 Å². The number of hydrogen-bond acceptors (Lipinski definition) is 3. The predicted molar refractivity (Wildman–Crippen MR) is 74.3 cm³/mol. The van der Waals surface area contributed by atoms with Crippen LogP contribution in [-0.2, 0) is 4.79 Å². The highest BCUT2D eigenvalue weighted by atomic mass is 19.2. The van der Waals surface area contributed by atoms with Crippen LogP contribution in [-0.4, -0.2) is 13.1 Å². The van der Waals surface area contributed by atoms with Crippen LogP contribution < -0.4 is 9.47 Å². The fourth-order valence-electron chi connectivity index (χ4n) is 2.75. The van der Waals surface area contributed by atoms with Crippen LogP contribution in [0.5, 0.6) is 11.5 Å². The van der Waals surface area contributed by atoms with Gasteiger partial charge < -0.3 is 9.47 Å². The van der Waals surface area contributed by atoms with E-state index < -0.39 is 17.6 Å². The maximum absolute atomic E-state index is 13.8. The molecule has 1 aliphatic rings. The molecule has 2 rings (SSSR count). The van der Waals surface area contributed by atoms with E-state index in [4.69, 9.17) is 4.74 Å². The van der Waals surface area contributed by atoms with Gasteiger partial charge in [0.25, 0.3) is 0 Å². The van der Waals surface area contributed by atoms with Gasteiger partial charge in [-0.05, 0) is 43.7 Å². The minimum atomic E-state index is -1.19. The van der Waals surface area contributed by atoms with Crippen LogP contribution >= 0.6 is 0 Å². The van der Waals surface area contributed by atoms with Crippen molar-refractivity contribution in [1.82, 2.24) is 0 Å². The van der Waals surface area contributed by atoms with Crippen LogP contribution in [0.4, 0.5) is 8.78 Å². The molecule has 21 heavy (non-hydrogen) atoms. The molecule has 5 heteroatoms. The molecule has 0 heterocycles. The number of rotatable bonds is 4. The topological polar surface area (TPSA) is 35.5 Å². The Morgan fingerprint density at radius 1 is 1.14 bits per heavy atom. The summed E-state index contributed by atoms with van der Waals surface area (Å²) in [4.78, 5) is 12.0. The van der Waals surface area contributed by atoms with Crippen molar-refractivity contribution in [1.29, 1.82) is 0 Å². The fraction of sp³-hybridized carbons (Fsp3) is 0.562. The van der Waals surface area contributed by atoms with E-state index in [-0.39, 0.29) is 17.4 Å². The number of esters is 1. The zero-order valence-electron chi connectivity index (χ0n) is 12.3. The molecule has 1 saturated carbocycles. The Labute approximate surface area is 123 Å². The van der Waals surface area contributed by atoms with Gasteiger partial charge in [0.15, 0.2) is 11.5 Å². The molecule has 1 aromatic rings. The molecule has 0 spiro atoms. The van der Waals surface area contributed by atoms with Gasteiger partial charge in [-0.2, -0.15) is 8.78 Å². The van der Waals surface area contributed by atoms with Crippen molar-refractivity contribution >= 4 is 5.97 Å². The van der Waals surface area contributed by atoms with Crippen molar-refractivity contribution < 1.29 is 23.0 Å². The maximum atomic E-state index is 13.8. The lowest BCUT2D eigenvalue weighted by atomic mass is 9.81. The van der Waals surface area contributed by atoms with Gasteiger partial charge in [0.05, 0.1) is 13.0 Å². The van der Waals surface area contributed by atoms with Gasteiger partial charge in [0.1, 0.15) is 0 Å². The number of carbonyl (C=O) groups is 1. The lowest BCUT2D eigenvalue weighted by Gasteiger charge is -2.26. The molecule has 1 aromatic carbocycles. The number of benzene rings is 1. The second-order valence-electron chi connectivity index (χ2n) is 5.44. The van der Waals surface area contributed by atoms with E-state index in [9.17, 15) is 13.6 Å². The molecule has 0 aliphatic heterocycles. The molecule has 0 bridgehead atoms. The highest BCUT2D eigenvalue weighted by molar-refractivity contribution is 5.75. The highest BCUT2D eigenvalue weighted by Gasteiger charge is 2.28. The minimum absolute atomic E-state index is 0.212. The van der Waals surface area contributed by atoms with E-state index in [2.05, 4.69) is 11.7 Å². The lowest BCUT2D eigenvalue weighted by Crippen LogP contribution is -2.25. The molecule has 0 unspecified atom stereocenters. The van der Waals surface area contributed by atoms with E-state index >= 15 is 0 Å². The second kappa shape index (κ2) is 6.87. The normalized spacial score (nSPS) is 21.9. The average Bonchev–Trinajstić information content (AvgIpc) is 2.52. The summed E-state index contributed by atoms with van der Waals surface area (Å²) >= 11 is 0. The van der Waals surface area contributed by atoms with E-state index in [0.717, 1.165) is 32.1 Å². The molecule has 0 N–H and O–H groups in total. The number of halogens is 2. The highest BCUT2D eigenvalue weighted by Crippen LogP contribution is 2.33. The molecule has 1 fully saturated rings. The molecule has 3 nitrogen and oxygen atoms in total. The number of ether oxygens (including phenoxy) is 2. The molecule has 1 aliphatic carbocycles. The first-order valence-corrected chi connectivity index (χ1v) is 7.30. The Hall–Kier alpha value is -1.65. The van der Waals surface area contributed by atoms with Gasteiger partial charge in [-0.1, -0.05) is 13.3 Å². The van der Waals surface area contributed by atoms with Crippen LogP contribution in [0.25, 0.3) is 0 Å². The van der Waals surface area contributed by atoms with E-state index in [1.165, 1.54) is 19.2 Å². The van der Waals surface area contributed by atoms with E-state index in [1.807, 2.05) is 0 Å². The Balaban J connectivity index is 2.02. The van der Waals surface area contributed by atoms with Crippen molar-refractivity contribution in [3.8, 4) is 11.5 Å². The Morgan fingerprint density at radius 3 is 2.29 bits per heavy atom. The Kier molecular flexibility index (Phi) is 5.15. The van der Waals surface area contributed by atoms with E-state index in [0.29, 0.717) is 5.92 Å². The number of methoxy groups -OCH3 is 1. The third-order valence-electron chi connectivity index (χ3n) is 4.20. The molecular weight excluding hydrogens is 278 g/mol. The zero-order valence-corrected chi connectivity index (χ0v) is 12.3. The van der Waals surface area contributed by atoms with Crippen LogP contribution in [0.2, 0.25) is 0 Å². The van der Waals surface area contributed by atoms with Gasteiger partial charge in [-0.3, -0.25) is 4.79 Å². The molecule has 0 aromatic heterocycles. The van der Waals surface area contributed by atoms with Crippen LogP contribution in [0, 0.1) is 23.5 Å². The summed E-state index contributed by atoms with van der Waals surface area (Å²) in [6, 6.07) is 2.46. The molecular formula is C16H20F2O3. The van der Waals surface area contributed by atoms with Gasteiger partial charge >= 0.3 is 5.97 Å².